The lowest BCUT2D eigenvalue weighted by atomic mass is 10.2. The van der Waals surface area contributed by atoms with Crippen molar-refractivity contribution in [2.75, 3.05) is 37.5 Å². The molecule has 2 heterocycles. The number of methoxy groups -OCH3 is 2. The Bertz CT molecular complexity index is 1340. The zero-order valence-electron chi connectivity index (χ0n) is 18.5. The third-order valence-electron chi connectivity index (χ3n) is 5.15. The van der Waals surface area contributed by atoms with Crippen molar-refractivity contribution in [3.63, 3.8) is 0 Å². The molecule has 0 amide bonds. The normalized spacial score (nSPS) is 13.3. The predicted molar refractivity (Wildman–Crippen MR) is 130 cm³/mol. The maximum absolute atomic E-state index is 13.2. The van der Waals surface area contributed by atoms with Crippen molar-refractivity contribution in [2.24, 2.45) is 0 Å². The quantitative estimate of drug-likeness (QED) is 0.376. The SMILES string of the molecule is COc1ccc(OC)c(Nc2nc3ccccc3nc2N[S+]([O-])c2ccc3c(c2)OCCO3)c1. The summed E-state index contributed by atoms with van der Waals surface area (Å²) in [6.45, 7) is 0.937. The molecule has 0 saturated heterocycles. The second kappa shape index (κ2) is 9.54. The third kappa shape index (κ3) is 4.45. The molecule has 0 radical (unpaired) electrons. The van der Waals surface area contributed by atoms with Gasteiger partial charge in [0.2, 0.25) is 5.82 Å². The first-order valence-corrected chi connectivity index (χ1v) is 11.6. The fourth-order valence-corrected chi connectivity index (χ4v) is 4.32. The van der Waals surface area contributed by atoms with Gasteiger partial charge in [0, 0.05) is 12.1 Å². The van der Waals surface area contributed by atoms with Crippen LogP contribution in [0.2, 0.25) is 0 Å². The Balaban J connectivity index is 1.51. The number of nitrogens with one attached hydrogen (secondary N) is 2. The smallest absolute Gasteiger partial charge is 0.214 e. The third-order valence-corrected chi connectivity index (χ3v) is 6.21. The van der Waals surface area contributed by atoms with E-state index < -0.39 is 11.4 Å². The zero-order chi connectivity index (χ0) is 23.5. The van der Waals surface area contributed by atoms with Crippen molar-refractivity contribution in [3.05, 3.63) is 60.7 Å². The fraction of sp³-hybridized carbons (Fsp3) is 0.167. The van der Waals surface area contributed by atoms with E-state index in [4.69, 9.17) is 23.9 Å². The Morgan fingerprint density at radius 3 is 2.32 bits per heavy atom. The van der Waals surface area contributed by atoms with Crippen LogP contribution in [0.3, 0.4) is 0 Å². The Morgan fingerprint density at radius 1 is 0.853 bits per heavy atom. The van der Waals surface area contributed by atoms with E-state index in [1.807, 2.05) is 24.3 Å². The van der Waals surface area contributed by atoms with Crippen LogP contribution in [0, 0.1) is 0 Å². The first kappa shape index (κ1) is 21.9. The van der Waals surface area contributed by atoms with E-state index in [9.17, 15) is 4.55 Å². The molecule has 10 heteroatoms. The van der Waals surface area contributed by atoms with E-state index in [1.54, 1.807) is 50.6 Å². The first-order chi connectivity index (χ1) is 16.6. The molecule has 3 aromatic carbocycles. The first-order valence-electron chi connectivity index (χ1n) is 10.5. The number of para-hydroxylation sites is 2. The number of hydrogen-bond donors (Lipinski definition) is 2. The van der Waals surface area contributed by atoms with Crippen molar-refractivity contribution < 1.29 is 23.5 Å². The average Bonchev–Trinajstić information content (AvgIpc) is 2.88. The number of rotatable bonds is 7. The van der Waals surface area contributed by atoms with Crippen LogP contribution in [0.5, 0.6) is 23.0 Å². The van der Waals surface area contributed by atoms with Gasteiger partial charge in [-0.25, -0.2) is 9.97 Å². The molecule has 0 spiro atoms. The van der Waals surface area contributed by atoms with Crippen LogP contribution in [-0.2, 0) is 11.4 Å². The van der Waals surface area contributed by atoms with Crippen molar-refractivity contribution >= 4 is 39.7 Å². The number of benzene rings is 3. The molecule has 0 fully saturated rings. The van der Waals surface area contributed by atoms with E-state index in [2.05, 4.69) is 15.0 Å². The van der Waals surface area contributed by atoms with Gasteiger partial charge in [-0.2, -0.15) is 4.72 Å². The van der Waals surface area contributed by atoms with Gasteiger partial charge < -0.3 is 28.8 Å². The van der Waals surface area contributed by atoms with Crippen LogP contribution in [-0.4, -0.2) is 42.0 Å². The number of nitrogens with zero attached hydrogens (tertiary/aromatic N) is 2. The highest BCUT2D eigenvalue weighted by Crippen LogP contribution is 2.35. The predicted octanol–water partition coefficient (Wildman–Crippen LogP) is 4.30. The van der Waals surface area contributed by atoms with Crippen LogP contribution >= 0.6 is 0 Å². The zero-order valence-corrected chi connectivity index (χ0v) is 19.3. The highest BCUT2D eigenvalue weighted by Gasteiger charge is 2.22. The Kier molecular flexibility index (Phi) is 6.15. The van der Waals surface area contributed by atoms with E-state index in [0.717, 1.165) is 0 Å². The van der Waals surface area contributed by atoms with Crippen molar-refractivity contribution in [1.82, 2.24) is 9.97 Å². The Labute approximate surface area is 199 Å². The van der Waals surface area contributed by atoms with Crippen LogP contribution < -0.4 is 29.0 Å². The molecule has 0 bridgehead atoms. The van der Waals surface area contributed by atoms with Gasteiger partial charge in [0.05, 0.1) is 30.9 Å². The fourth-order valence-electron chi connectivity index (χ4n) is 3.48. The Morgan fingerprint density at radius 2 is 1.59 bits per heavy atom. The van der Waals surface area contributed by atoms with Gasteiger partial charge in [-0.05, 0) is 36.4 Å². The van der Waals surface area contributed by atoms with Gasteiger partial charge in [-0.1, -0.05) is 12.1 Å². The van der Waals surface area contributed by atoms with Gasteiger partial charge in [-0.15, -0.1) is 0 Å². The molecule has 5 rings (SSSR count). The number of anilines is 3. The number of hydrogen-bond acceptors (Lipinski definition) is 9. The summed E-state index contributed by atoms with van der Waals surface area (Å²) in [4.78, 5) is 9.89. The van der Waals surface area contributed by atoms with Crippen LogP contribution in [0.4, 0.5) is 17.3 Å². The summed E-state index contributed by atoms with van der Waals surface area (Å²) >= 11 is -1.64. The van der Waals surface area contributed by atoms with Gasteiger partial charge in [-0.3, -0.25) is 0 Å². The lowest BCUT2D eigenvalue weighted by molar-refractivity contribution is 0.171. The summed E-state index contributed by atoms with van der Waals surface area (Å²) < 4.78 is 38.2. The molecule has 1 unspecified atom stereocenters. The molecule has 1 aromatic heterocycles. The summed E-state index contributed by atoms with van der Waals surface area (Å²) in [5, 5.41) is 3.25. The second-order valence-electron chi connectivity index (χ2n) is 7.28. The molecule has 0 saturated carbocycles. The highest BCUT2D eigenvalue weighted by molar-refractivity contribution is 7.92. The number of aromatic nitrogens is 2. The molecular weight excluding hydrogens is 456 g/mol. The molecule has 9 nitrogen and oxygen atoms in total. The number of fused-ring (bicyclic) bond motifs is 2. The molecule has 4 aromatic rings. The molecule has 1 aliphatic rings. The second-order valence-corrected chi connectivity index (χ2v) is 8.49. The average molecular weight is 479 g/mol. The summed E-state index contributed by atoms with van der Waals surface area (Å²) in [5.41, 5.74) is 1.97. The number of ether oxygens (including phenoxy) is 4. The molecule has 1 atom stereocenters. The lowest BCUT2D eigenvalue weighted by Crippen LogP contribution is -2.18. The molecule has 2 N–H and O–H groups in total. The molecule has 34 heavy (non-hydrogen) atoms. The standard InChI is InChI=1S/C24H22N4O5S/c1-30-15-7-9-20(31-2)19(13-15)27-23-24(26-18-6-4-3-5-17(18)25-23)28-34(29)16-8-10-21-22(14-16)33-12-11-32-21/h3-10,13-14H,11-12H2,1-2H3,(H,25,27)(H,26,28). The summed E-state index contributed by atoms with van der Waals surface area (Å²) in [7, 11) is 3.17. The van der Waals surface area contributed by atoms with Gasteiger partial charge in [0.15, 0.2) is 22.2 Å². The van der Waals surface area contributed by atoms with E-state index in [-0.39, 0.29) is 0 Å². The van der Waals surface area contributed by atoms with Gasteiger partial charge in [0.1, 0.15) is 36.1 Å². The van der Waals surface area contributed by atoms with Crippen molar-refractivity contribution in [2.45, 2.75) is 4.90 Å². The van der Waals surface area contributed by atoms with Crippen molar-refractivity contribution in [3.8, 4) is 23.0 Å². The van der Waals surface area contributed by atoms with Crippen molar-refractivity contribution in [1.29, 1.82) is 0 Å². The van der Waals surface area contributed by atoms with E-state index in [1.165, 1.54) is 0 Å². The minimum absolute atomic E-state index is 0.316. The summed E-state index contributed by atoms with van der Waals surface area (Å²) in [6.07, 6.45) is 0. The summed E-state index contributed by atoms with van der Waals surface area (Å²) in [6, 6.07) is 18.0. The van der Waals surface area contributed by atoms with Gasteiger partial charge >= 0.3 is 0 Å². The molecular formula is C24H22N4O5S. The van der Waals surface area contributed by atoms with Crippen LogP contribution in [0.1, 0.15) is 0 Å². The largest absolute Gasteiger partial charge is 0.588 e. The Hall–Kier alpha value is -3.89. The van der Waals surface area contributed by atoms with Gasteiger partial charge in [0.25, 0.3) is 0 Å². The van der Waals surface area contributed by atoms with E-state index >= 15 is 0 Å². The minimum atomic E-state index is -1.64. The minimum Gasteiger partial charge on any atom is -0.588 e. The topological polar surface area (TPSA) is 110 Å². The lowest BCUT2D eigenvalue weighted by Gasteiger charge is -2.20. The summed E-state index contributed by atoms with van der Waals surface area (Å²) in [5.74, 6) is 3.13. The molecule has 0 aliphatic carbocycles. The van der Waals surface area contributed by atoms with E-state index in [0.29, 0.717) is 69.5 Å². The maximum atomic E-state index is 13.2. The maximum Gasteiger partial charge on any atom is 0.214 e. The highest BCUT2D eigenvalue weighted by atomic mass is 32.2. The van der Waals surface area contributed by atoms with Crippen LogP contribution in [0.25, 0.3) is 11.0 Å². The molecule has 174 valence electrons. The van der Waals surface area contributed by atoms with Crippen LogP contribution in [0.15, 0.2) is 65.6 Å². The monoisotopic (exact) mass is 478 g/mol. The molecule has 1 aliphatic heterocycles.